The quantitative estimate of drug-likeness (QED) is 0.813. The Bertz CT molecular complexity index is 286. The van der Waals surface area contributed by atoms with Crippen LogP contribution in [0.2, 0.25) is 0 Å². The Morgan fingerprint density at radius 1 is 1.27 bits per heavy atom. The van der Waals surface area contributed by atoms with Crippen LogP contribution in [-0.4, -0.2) is 19.2 Å². The van der Waals surface area contributed by atoms with Gasteiger partial charge in [0, 0.05) is 13.1 Å². The fourth-order valence-corrected chi connectivity index (χ4v) is 2.09. The van der Waals surface area contributed by atoms with Gasteiger partial charge in [-0.1, -0.05) is 37.3 Å². The smallest absolute Gasteiger partial charge is 0.0744 e. The van der Waals surface area contributed by atoms with Crippen molar-refractivity contribution in [3.8, 4) is 0 Å². The van der Waals surface area contributed by atoms with Crippen LogP contribution >= 0.6 is 0 Å². The average molecular weight is 205 g/mol. The molecule has 1 aliphatic heterocycles. The molecule has 1 heterocycles. The third-order valence-electron chi connectivity index (χ3n) is 3.11. The van der Waals surface area contributed by atoms with E-state index in [1.165, 1.54) is 12.0 Å². The average Bonchev–Trinajstić information content (AvgIpc) is 2.75. The first-order chi connectivity index (χ1) is 7.40. The van der Waals surface area contributed by atoms with Gasteiger partial charge in [0.15, 0.2) is 0 Å². The molecular formula is C13H19NO. The van der Waals surface area contributed by atoms with Gasteiger partial charge in [-0.25, -0.2) is 0 Å². The summed E-state index contributed by atoms with van der Waals surface area (Å²) >= 11 is 0. The summed E-state index contributed by atoms with van der Waals surface area (Å²) < 4.78 is 5.93. The van der Waals surface area contributed by atoms with Crippen molar-refractivity contribution >= 4 is 0 Å². The molecule has 2 heteroatoms. The molecule has 0 aromatic heterocycles. The molecule has 2 atom stereocenters. The minimum atomic E-state index is 0.398. The fraction of sp³-hybridized carbons (Fsp3) is 0.538. The van der Waals surface area contributed by atoms with Crippen LogP contribution in [0, 0.1) is 5.92 Å². The molecule has 2 nitrogen and oxygen atoms in total. The molecule has 1 aliphatic rings. The lowest BCUT2D eigenvalue weighted by molar-refractivity contribution is 0.0249. The summed E-state index contributed by atoms with van der Waals surface area (Å²) in [7, 11) is 0. The zero-order valence-electron chi connectivity index (χ0n) is 9.28. The maximum atomic E-state index is 5.93. The zero-order valence-corrected chi connectivity index (χ0v) is 9.28. The number of rotatable bonds is 4. The first-order valence-electron chi connectivity index (χ1n) is 5.76. The fourth-order valence-electron chi connectivity index (χ4n) is 2.09. The van der Waals surface area contributed by atoms with Crippen molar-refractivity contribution in [2.45, 2.75) is 26.1 Å². The van der Waals surface area contributed by atoms with E-state index in [-0.39, 0.29) is 0 Å². The van der Waals surface area contributed by atoms with Gasteiger partial charge >= 0.3 is 0 Å². The van der Waals surface area contributed by atoms with E-state index >= 15 is 0 Å². The summed E-state index contributed by atoms with van der Waals surface area (Å²) in [6, 6.07) is 10.4. The Balaban J connectivity index is 1.83. The van der Waals surface area contributed by atoms with Crippen LogP contribution in [-0.2, 0) is 11.3 Å². The molecule has 1 aromatic rings. The molecule has 1 aromatic carbocycles. The van der Waals surface area contributed by atoms with E-state index < -0.39 is 0 Å². The minimum absolute atomic E-state index is 0.398. The van der Waals surface area contributed by atoms with Crippen LogP contribution in [0.4, 0.5) is 0 Å². The standard InChI is InChI=1S/C13H19NO/c1-2-12-8-14-9-13(12)15-10-11-6-4-3-5-7-11/h3-7,12-14H,2,8-10H2,1H3. The molecule has 15 heavy (non-hydrogen) atoms. The summed E-state index contributed by atoms with van der Waals surface area (Å²) in [5.41, 5.74) is 1.26. The van der Waals surface area contributed by atoms with E-state index in [0.29, 0.717) is 12.0 Å². The maximum Gasteiger partial charge on any atom is 0.0744 e. The van der Waals surface area contributed by atoms with Crippen LogP contribution in [0.25, 0.3) is 0 Å². The van der Waals surface area contributed by atoms with Crippen LogP contribution < -0.4 is 5.32 Å². The lowest BCUT2D eigenvalue weighted by atomic mass is 10.0. The molecule has 1 saturated heterocycles. The van der Waals surface area contributed by atoms with Crippen LogP contribution in [0.15, 0.2) is 30.3 Å². The maximum absolute atomic E-state index is 5.93. The molecule has 0 amide bonds. The van der Waals surface area contributed by atoms with Crippen LogP contribution in [0.3, 0.4) is 0 Å². The van der Waals surface area contributed by atoms with E-state index in [1.807, 2.05) is 6.07 Å². The van der Waals surface area contributed by atoms with Crippen molar-refractivity contribution in [3.05, 3.63) is 35.9 Å². The molecule has 0 spiro atoms. The first kappa shape index (κ1) is 10.7. The number of hydrogen-bond acceptors (Lipinski definition) is 2. The van der Waals surface area contributed by atoms with Crippen LogP contribution in [0.5, 0.6) is 0 Å². The lowest BCUT2D eigenvalue weighted by Crippen LogP contribution is -2.22. The van der Waals surface area contributed by atoms with Gasteiger partial charge in [-0.05, 0) is 17.9 Å². The van der Waals surface area contributed by atoms with Gasteiger partial charge < -0.3 is 10.1 Å². The van der Waals surface area contributed by atoms with Crippen molar-refractivity contribution < 1.29 is 4.74 Å². The van der Waals surface area contributed by atoms with Crippen molar-refractivity contribution in [2.24, 2.45) is 5.92 Å². The molecule has 2 rings (SSSR count). The largest absolute Gasteiger partial charge is 0.372 e. The van der Waals surface area contributed by atoms with Crippen molar-refractivity contribution in [1.82, 2.24) is 5.32 Å². The predicted molar refractivity (Wildman–Crippen MR) is 61.7 cm³/mol. The molecule has 0 saturated carbocycles. The second-order valence-corrected chi connectivity index (χ2v) is 4.16. The summed E-state index contributed by atoms with van der Waals surface area (Å²) in [4.78, 5) is 0. The van der Waals surface area contributed by atoms with E-state index in [1.54, 1.807) is 0 Å². The highest BCUT2D eigenvalue weighted by Gasteiger charge is 2.25. The number of hydrogen-bond donors (Lipinski definition) is 1. The molecule has 0 radical (unpaired) electrons. The monoisotopic (exact) mass is 205 g/mol. The highest BCUT2D eigenvalue weighted by Crippen LogP contribution is 2.17. The molecule has 0 aliphatic carbocycles. The van der Waals surface area contributed by atoms with E-state index in [9.17, 15) is 0 Å². The van der Waals surface area contributed by atoms with Gasteiger partial charge in [-0.3, -0.25) is 0 Å². The minimum Gasteiger partial charge on any atom is -0.372 e. The molecule has 82 valence electrons. The van der Waals surface area contributed by atoms with Crippen molar-refractivity contribution in [3.63, 3.8) is 0 Å². The van der Waals surface area contributed by atoms with Gasteiger partial charge in [-0.15, -0.1) is 0 Å². The second kappa shape index (κ2) is 5.29. The Hall–Kier alpha value is -0.860. The number of ether oxygens (including phenoxy) is 1. The zero-order chi connectivity index (χ0) is 10.5. The lowest BCUT2D eigenvalue weighted by Gasteiger charge is -2.17. The van der Waals surface area contributed by atoms with E-state index in [2.05, 4.69) is 36.5 Å². The topological polar surface area (TPSA) is 21.3 Å². The van der Waals surface area contributed by atoms with E-state index in [0.717, 1.165) is 19.7 Å². The molecule has 2 unspecified atom stereocenters. The first-order valence-corrected chi connectivity index (χ1v) is 5.76. The third kappa shape index (κ3) is 2.80. The number of nitrogens with one attached hydrogen (secondary N) is 1. The molecular weight excluding hydrogens is 186 g/mol. The third-order valence-corrected chi connectivity index (χ3v) is 3.11. The van der Waals surface area contributed by atoms with Crippen LogP contribution in [0.1, 0.15) is 18.9 Å². The summed E-state index contributed by atoms with van der Waals surface area (Å²) in [6.45, 7) is 5.08. The highest BCUT2D eigenvalue weighted by atomic mass is 16.5. The van der Waals surface area contributed by atoms with Gasteiger partial charge in [0.05, 0.1) is 12.7 Å². The normalized spacial score (nSPS) is 25.7. The highest BCUT2D eigenvalue weighted by molar-refractivity contribution is 5.13. The van der Waals surface area contributed by atoms with Gasteiger partial charge in [0.25, 0.3) is 0 Å². The van der Waals surface area contributed by atoms with Crippen molar-refractivity contribution in [2.75, 3.05) is 13.1 Å². The van der Waals surface area contributed by atoms with Gasteiger partial charge in [0.2, 0.25) is 0 Å². The molecule has 1 fully saturated rings. The second-order valence-electron chi connectivity index (χ2n) is 4.16. The molecule has 1 N–H and O–H groups in total. The Kier molecular flexibility index (Phi) is 3.75. The number of benzene rings is 1. The SMILES string of the molecule is CCC1CNCC1OCc1ccccc1. The van der Waals surface area contributed by atoms with Gasteiger partial charge in [0.1, 0.15) is 0 Å². The Morgan fingerprint density at radius 2 is 2.07 bits per heavy atom. The summed E-state index contributed by atoms with van der Waals surface area (Å²) in [5.74, 6) is 0.689. The Morgan fingerprint density at radius 3 is 2.80 bits per heavy atom. The van der Waals surface area contributed by atoms with Crippen molar-refractivity contribution in [1.29, 1.82) is 0 Å². The summed E-state index contributed by atoms with van der Waals surface area (Å²) in [5, 5.41) is 3.38. The Labute approximate surface area is 91.6 Å². The predicted octanol–water partition coefficient (Wildman–Crippen LogP) is 2.20. The van der Waals surface area contributed by atoms with E-state index in [4.69, 9.17) is 4.74 Å². The molecule has 0 bridgehead atoms. The summed E-state index contributed by atoms with van der Waals surface area (Å²) in [6.07, 6.45) is 1.60. The van der Waals surface area contributed by atoms with Gasteiger partial charge in [-0.2, -0.15) is 0 Å².